The van der Waals surface area contributed by atoms with E-state index in [1.54, 1.807) is 0 Å². The SMILES string of the molecule is CC.Cc1cnc2c(c1)N(C)CCC2. The lowest BCUT2D eigenvalue weighted by Crippen LogP contribution is -2.25. The molecule has 0 bridgehead atoms. The fourth-order valence-electron chi connectivity index (χ4n) is 1.71. The van der Waals surface area contributed by atoms with Crippen LogP contribution in [0.2, 0.25) is 0 Å². The van der Waals surface area contributed by atoms with Gasteiger partial charge in [-0.3, -0.25) is 4.98 Å². The topological polar surface area (TPSA) is 16.1 Å². The zero-order chi connectivity index (χ0) is 10.6. The molecule has 0 spiro atoms. The lowest BCUT2D eigenvalue weighted by Gasteiger charge is -2.26. The molecule has 2 heteroatoms. The van der Waals surface area contributed by atoms with Crippen LogP contribution in [0.5, 0.6) is 0 Å². The first-order valence-corrected chi connectivity index (χ1v) is 5.44. The van der Waals surface area contributed by atoms with Crippen molar-refractivity contribution >= 4 is 5.69 Å². The summed E-state index contributed by atoms with van der Waals surface area (Å²) in [5.41, 5.74) is 3.83. The molecule has 0 saturated heterocycles. The van der Waals surface area contributed by atoms with Crippen LogP contribution in [0.15, 0.2) is 12.3 Å². The minimum Gasteiger partial charge on any atom is -0.373 e. The summed E-state index contributed by atoms with van der Waals surface area (Å²) in [5, 5.41) is 0. The smallest absolute Gasteiger partial charge is 0.0637 e. The Kier molecular flexibility index (Phi) is 3.93. The monoisotopic (exact) mass is 192 g/mol. The van der Waals surface area contributed by atoms with Gasteiger partial charge in [0.1, 0.15) is 0 Å². The molecule has 1 aliphatic heterocycles. The first-order valence-electron chi connectivity index (χ1n) is 5.44. The third-order valence-electron chi connectivity index (χ3n) is 2.40. The maximum atomic E-state index is 4.43. The van der Waals surface area contributed by atoms with E-state index in [2.05, 4.69) is 29.9 Å². The van der Waals surface area contributed by atoms with Crippen molar-refractivity contribution in [2.75, 3.05) is 18.5 Å². The molecule has 0 atom stereocenters. The minimum absolute atomic E-state index is 1.14. The number of rotatable bonds is 0. The number of hydrogen-bond acceptors (Lipinski definition) is 2. The molecule has 2 nitrogen and oxygen atoms in total. The van der Waals surface area contributed by atoms with E-state index in [-0.39, 0.29) is 0 Å². The lowest BCUT2D eigenvalue weighted by molar-refractivity contribution is 0.724. The van der Waals surface area contributed by atoms with E-state index < -0.39 is 0 Å². The molecule has 1 aromatic rings. The second kappa shape index (κ2) is 4.99. The average Bonchev–Trinajstić information content (AvgIpc) is 2.22. The fraction of sp³-hybridized carbons (Fsp3) is 0.583. The highest BCUT2D eigenvalue weighted by Gasteiger charge is 2.13. The molecule has 2 heterocycles. The van der Waals surface area contributed by atoms with Gasteiger partial charge >= 0.3 is 0 Å². The standard InChI is InChI=1S/C10H14N2.C2H6/c1-8-6-10-9(11-7-8)4-3-5-12(10)2;1-2/h6-7H,3-5H2,1-2H3;1-2H3. The molecule has 0 saturated carbocycles. The highest BCUT2D eigenvalue weighted by Crippen LogP contribution is 2.24. The largest absolute Gasteiger partial charge is 0.373 e. The van der Waals surface area contributed by atoms with Crippen molar-refractivity contribution in [3.63, 3.8) is 0 Å². The molecule has 0 unspecified atom stereocenters. The summed E-state index contributed by atoms with van der Waals surface area (Å²) >= 11 is 0. The van der Waals surface area contributed by atoms with E-state index in [1.807, 2.05) is 20.0 Å². The van der Waals surface area contributed by atoms with E-state index in [4.69, 9.17) is 0 Å². The van der Waals surface area contributed by atoms with Gasteiger partial charge in [0.05, 0.1) is 11.4 Å². The predicted octanol–water partition coefficient (Wildman–Crippen LogP) is 2.80. The highest BCUT2D eigenvalue weighted by molar-refractivity contribution is 5.53. The second-order valence-corrected chi connectivity index (χ2v) is 3.50. The Morgan fingerprint density at radius 3 is 2.79 bits per heavy atom. The van der Waals surface area contributed by atoms with E-state index in [0.29, 0.717) is 0 Å². The summed E-state index contributed by atoms with van der Waals surface area (Å²) in [6.07, 6.45) is 4.33. The molecule has 14 heavy (non-hydrogen) atoms. The van der Waals surface area contributed by atoms with Crippen molar-refractivity contribution in [1.82, 2.24) is 4.98 Å². The average molecular weight is 192 g/mol. The van der Waals surface area contributed by atoms with E-state index in [9.17, 15) is 0 Å². The van der Waals surface area contributed by atoms with Crippen molar-refractivity contribution in [1.29, 1.82) is 0 Å². The van der Waals surface area contributed by atoms with Crippen molar-refractivity contribution < 1.29 is 0 Å². The number of hydrogen-bond donors (Lipinski definition) is 0. The third kappa shape index (κ3) is 2.25. The van der Waals surface area contributed by atoms with E-state index in [0.717, 1.165) is 13.0 Å². The molecule has 0 amide bonds. The zero-order valence-electron chi connectivity index (χ0n) is 9.67. The Morgan fingerprint density at radius 2 is 2.07 bits per heavy atom. The van der Waals surface area contributed by atoms with Crippen molar-refractivity contribution in [2.45, 2.75) is 33.6 Å². The van der Waals surface area contributed by atoms with Crippen LogP contribution in [0.25, 0.3) is 0 Å². The van der Waals surface area contributed by atoms with Crippen LogP contribution < -0.4 is 4.90 Å². The third-order valence-corrected chi connectivity index (χ3v) is 2.40. The minimum atomic E-state index is 1.14. The van der Waals surface area contributed by atoms with Crippen molar-refractivity contribution in [2.24, 2.45) is 0 Å². The molecule has 78 valence electrons. The number of anilines is 1. The second-order valence-electron chi connectivity index (χ2n) is 3.50. The normalized spacial score (nSPS) is 14.1. The van der Waals surface area contributed by atoms with E-state index >= 15 is 0 Å². The van der Waals surface area contributed by atoms with Crippen molar-refractivity contribution in [3.8, 4) is 0 Å². The fourth-order valence-corrected chi connectivity index (χ4v) is 1.71. The summed E-state index contributed by atoms with van der Waals surface area (Å²) in [4.78, 5) is 6.72. The van der Waals surface area contributed by atoms with Gasteiger partial charge in [-0.1, -0.05) is 13.8 Å². The maximum Gasteiger partial charge on any atom is 0.0637 e. The first kappa shape index (κ1) is 11.0. The van der Waals surface area contributed by atoms with E-state index in [1.165, 1.54) is 23.4 Å². The summed E-state index contributed by atoms with van der Waals surface area (Å²) in [7, 11) is 2.14. The maximum absolute atomic E-state index is 4.43. The predicted molar refractivity (Wildman–Crippen MR) is 61.9 cm³/mol. The molecular formula is C12H20N2. The van der Waals surface area contributed by atoms with Gasteiger partial charge in [-0.25, -0.2) is 0 Å². The molecule has 0 aromatic carbocycles. The summed E-state index contributed by atoms with van der Waals surface area (Å²) in [6.45, 7) is 7.26. The number of fused-ring (bicyclic) bond motifs is 1. The number of pyridine rings is 1. The number of nitrogens with zero attached hydrogens (tertiary/aromatic N) is 2. The molecule has 0 aliphatic carbocycles. The quantitative estimate of drug-likeness (QED) is 0.628. The molecule has 2 rings (SSSR count). The van der Waals surface area contributed by atoms with Crippen LogP contribution in [0.1, 0.15) is 31.5 Å². The van der Waals surface area contributed by atoms with Gasteiger partial charge in [-0.15, -0.1) is 0 Å². The van der Waals surface area contributed by atoms with Crippen LogP contribution in [0, 0.1) is 6.92 Å². The van der Waals surface area contributed by atoms with Gasteiger partial charge in [-0.2, -0.15) is 0 Å². The van der Waals surface area contributed by atoms with Gasteiger partial charge < -0.3 is 4.90 Å². The van der Waals surface area contributed by atoms with Crippen LogP contribution in [0.4, 0.5) is 5.69 Å². The summed E-state index contributed by atoms with van der Waals surface area (Å²) in [6, 6.07) is 2.22. The highest BCUT2D eigenvalue weighted by atomic mass is 15.1. The number of aromatic nitrogens is 1. The van der Waals surface area contributed by atoms with Crippen LogP contribution >= 0.6 is 0 Å². The van der Waals surface area contributed by atoms with Gasteiger partial charge in [0.2, 0.25) is 0 Å². The zero-order valence-corrected chi connectivity index (χ0v) is 9.67. The van der Waals surface area contributed by atoms with Crippen LogP contribution in [-0.4, -0.2) is 18.6 Å². The van der Waals surface area contributed by atoms with Crippen molar-refractivity contribution in [3.05, 3.63) is 23.5 Å². The van der Waals surface area contributed by atoms with Gasteiger partial charge in [0, 0.05) is 19.8 Å². The molecule has 0 N–H and O–H groups in total. The number of aryl methyl sites for hydroxylation is 2. The Balaban J connectivity index is 0.000000461. The first-order chi connectivity index (χ1) is 6.77. The Bertz CT molecular complexity index is 294. The molecular weight excluding hydrogens is 172 g/mol. The van der Waals surface area contributed by atoms with Gasteiger partial charge in [0.15, 0.2) is 0 Å². The Hall–Kier alpha value is -1.05. The Labute approximate surface area is 87.0 Å². The summed E-state index contributed by atoms with van der Waals surface area (Å²) < 4.78 is 0. The molecule has 0 radical (unpaired) electrons. The van der Waals surface area contributed by atoms with Gasteiger partial charge in [0.25, 0.3) is 0 Å². The van der Waals surface area contributed by atoms with Crippen LogP contribution in [-0.2, 0) is 6.42 Å². The van der Waals surface area contributed by atoms with Crippen LogP contribution in [0.3, 0.4) is 0 Å². The molecule has 0 fully saturated rings. The molecule has 1 aliphatic rings. The molecule has 1 aromatic heterocycles. The lowest BCUT2D eigenvalue weighted by atomic mass is 10.1. The Morgan fingerprint density at radius 1 is 1.36 bits per heavy atom. The van der Waals surface area contributed by atoms with Gasteiger partial charge in [-0.05, 0) is 31.4 Å². The summed E-state index contributed by atoms with van der Waals surface area (Å²) in [5.74, 6) is 0.